The first-order valence-corrected chi connectivity index (χ1v) is 8.83. The Hall–Kier alpha value is -2.13. The number of benzene rings is 2. The second kappa shape index (κ2) is 9.89. The first-order valence-electron chi connectivity index (χ1n) is 8.83. The van der Waals surface area contributed by atoms with Gasteiger partial charge in [-0.05, 0) is 24.2 Å². The topological polar surface area (TPSA) is 32.3 Å². The summed E-state index contributed by atoms with van der Waals surface area (Å²) in [6.45, 7) is 7.93. The molecule has 2 aromatic rings. The van der Waals surface area contributed by atoms with Crippen LogP contribution in [0.5, 0.6) is 0 Å². The maximum Gasteiger partial charge on any atom is 0.220 e. The molecule has 0 aliphatic rings. The van der Waals surface area contributed by atoms with Gasteiger partial charge in [-0.15, -0.1) is 0 Å². The third-order valence-corrected chi connectivity index (χ3v) is 4.44. The summed E-state index contributed by atoms with van der Waals surface area (Å²) in [5.41, 5.74) is 2.37. The minimum absolute atomic E-state index is 0.0980. The molecule has 0 bridgehead atoms. The SMILES string of the molecule is CCN(CC)CCNC(=O)CC(c1ccccc1)c1ccccc1. The van der Waals surface area contributed by atoms with E-state index in [4.69, 9.17) is 0 Å². The standard InChI is InChI=1S/C21H28N2O/c1-3-23(4-2)16-15-22-21(24)17-20(18-11-7-5-8-12-18)19-13-9-6-10-14-19/h5-14,20H,3-4,15-17H2,1-2H3,(H,22,24). The molecule has 0 fully saturated rings. The second-order valence-electron chi connectivity index (χ2n) is 5.95. The van der Waals surface area contributed by atoms with Crippen LogP contribution in [-0.2, 0) is 4.79 Å². The van der Waals surface area contributed by atoms with E-state index >= 15 is 0 Å². The van der Waals surface area contributed by atoms with Crippen molar-refractivity contribution in [3.63, 3.8) is 0 Å². The van der Waals surface area contributed by atoms with Crippen LogP contribution in [0.25, 0.3) is 0 Å². The molecule has 24 heavy (non-hydrogen) atoms. The molecule has 3 nitrogen and oxygen atoms in total. The van der Waals surface area contributed by atoms with Crippen LogP contribution in [0.1, 0.15) is 37.3 Å². The average molecular weight is 324 g/mol. The highest BCUT2D eigenvalue weighted by atomic mass is 16.1. The van der Waals surface area contributed by atoms with Gasteiger partial charge >= 0.3 is 0 Å². The first-order chi connectivity index (χ1) is 11.7. The molecule has 0 heterocycles. The lowest BCUT2D eigenvalue weighted by Crippen LogP contribution is -2.35. The summed E-state index contributed by atoms with van der Waals surface area (Å²) in [5, 5.41) is 3.07. The van der Waals surface area contributed by atoms with Gasteiger partial charge in [-0.25, -0.2) is 0 Å². The van der Waals surface area contributed by atoms with Crippen LogP contribution in [0, 0.1) is 0 Å². The summed E-state index contributed by atoms with van der Waals surface area (Å²) in [6, 6.07) is 20.5. The Morgan fingerprint density at radius 3 is 1.88 bits per heavy atom. The quantitative estimate of drug-likeness (QED) is 0.763. The van der Waals surface area contributed by atoms with Crippen LogP contribution in [0.15, 0.2) is 60.7 Å². The summed E-state index contributed by atoms with van der Waals surface area (Å²) in [4.78, 5) is 14.7. The van der Waals surface area contributed by atoms with Crippen molar-refractivity contribution < 1.29 is 4.79 Å². The van der Waals surface area contributed by atoms with E-state index in [2.05, 4.69) is 48.3 Å². The number of hydrogen-bond donors (Lipinski definition) is 1. The van der Waals surface area contributed by atoms with Gasteiger partial charge in [-0.2, -0.15) is 0 Å². The van der Waals surface area contributed by atoms with Gasteiger partial charge < -0.3 is 10.2 Å². The van der Waals surface area contributed by atoms with E-state index in [9.17, 15) is 4.79 Å². The summed E-state index contributed by atoms with van der Waals surface area (Å²) >= 11 is 0. The molecule has 0 saturated carbocycles. The van der Waals surface area contributed by atoms with Crippen LogP contribution in [0.2, 0.25) is 0 Å². The highest BCUT2D eigenvalue weighted by Crippen LogP contribution is 2.27. The molecule has 2 rings (SSSR count). The van der Waals surface area contributed by atoms with Crippen molar-refractivity contribution in [1.82, 2.24) is 10.2 Å². The molecular weight excluding hydrogens is 296 g/mol. The molecule has 0 spiro atoms. The highest BCUT2D eigenvalue weighted by Gasteiger charge is 2.17. The Bertz CT molecular complexity index is 554. The molecule has 3 heteroatoms. The maximum absolute atomic E-state index is 12.4. The lowest BCUT2D eigenvalue weighted by atomic mass is 9.88. The number of carbonyl (C=O) groups is 1. The number of carbonyl (C=O) groups excluding carboxylic acids is 1. The summed E-state index contributed by atoms with van der Waals surface area (Å²) in [7, 11) is 0. The van der Waals surface area contributed by atoms with Crippen LogP contribution < -0.4 is 5.32 Å². The van der Waals surface area contributed by atoms with Gasteiger partial charge in [-0.1, -0.05) is 74.5 Å². The molecule has 1 N–H and O–H groups in total. The van der Waals surface area contributed by atoms with Crippen molar-refractivity contribution in [2.24, 2.45) is 0 Å². The molecule has 0 saturated heterocycles. The molecule has 0 radical (unpaired) electrons. The van der Waals surface area contributed by atoms with Crippen LogP contribution >= 0.6 is 0 Å². The Morgan fingerprint density at radius 2 is 1.42 bits per heavy atom. The van der Waals surface area contributed by atoms with Gasteiger partial charge in [0, 0.05) is 25.4 Å². The van der Waals surface area contributed by atoms with Gasteiger partial charge in [0.2, 0.25) is 5.91 Å². The largest absolute Gasteiger partial charge is 0.355 e. The van der Waals surface area contributed by atoms with Crippen LogP contribution in [0.4, 0.5) is 0 Å². The summed E-state index contributed by atoms with van der Waals surface area (Å²) in [5.74, 6) is 0.209. The number of nitrogens with zero attached hydrogens (tertiary/aromatic N) is 1. The molecule has 0 aliphatic heterocycles. The van der Waals surface area contributed by atoms with Gasteiger partial charge in [0.05, 0.1) is 0 Å². The molecular formula is C21H28N2O. The first kappa shape index (κ1) is 18.2. The lowest BCUT2D eigenvalue weighted by molar-refractivity contribution is -0.121. The van der Waals surface area contributed by atoms with E-state index in [0.29, 0.717) is 13.0 Å². The third-order valence-electron chi connectivity index (χ3n) is 4.44. The second-order valence-corrected chi connectivity index (χ2v) is 5.95. The zero-order valence-corrected chi connectivity index (χ0v) is 14.7. The van der Waals surface area contributed by atoms with Crippen molar-refractivity contribution >= 4 is 5.91 Å². The summed E-state index contributed by atoms with van der Waals surface area (Å²) in [6.07, 6.45) is 0.478. The fourth-order valence-corrected chi connectivity index (χ4v) is 2.95. The number of nitrogens with one attached hydrogen (secondary N) is 1. The molecule has 2 aromatic carbocycles. The number of rotatable bonds is 9. The normalized spacial score (nSPS) is 11.0. The summed E-state index contributed by atoms with van der Waals surface area (Å²) < 4.78 is 0. The maximum atomic E-state index is 12.4. The molecule has 1 amide bonds. The fourth-order valence-electron chi connectivity index (χ4n) is 2.95. The Kier molecular flexibility index (Phi) is 7.50. The highest BCUT2D eigenvalue weighted by molar-refractivity contribution is 5.77. The Balaban J connectivity index is 2.00. The number of amides is 1. The van der Waals surface area contributed by atoms with Gasteiger partial charge in [0.1, 0.15) is 0 Å². The van der Waals surface area contributed by atoms with Gasteiger partial charge in [-0.3, -0.25) is 4.79 Å². The predicted molar refractivity (Wildman–Crippen MR) is 100 cm³/mol. The van der Waals surface area contributed by atoms with Gasteiger partial charge in [0.25, 0.3) is 0 Å². The molecule has 0 aliphatic carbocycles. The number of hydrogen-bond acceptors (Lipinski definition) is 2. The van der Waals surface area contributed by atoms with Gasteiger partial charge in [0.15, 0.2) is 0 Å². The number of likely N-dealkylation sites (N-methyl/N-ethyl adjacent to an activating group) is 1. The van der Waals surface area contributed by atoms with Crippen molar-refractivity contribution in [3.8, 4) is 0 Å². The minimum Gasteiger partial charge on any atom is -0.355 e. The molecule has 128 valence electrons. The molecule has 0 unspecified atom stereocenters. The van der Waals surface area contributed by atoms with Crippen molar-refractivity contribution in [2.75, 3.05) is 26.2 Å². The third kappa shape index (κ3) is 5.50. The van der Waals surface area contributed by atoms with Crippen molar-refractivity contribution in [2.45, 2.75) is 26.2 Å². The monoisotopic (exact) mass is 324 g/mol. The van der Waals surface area contributed by atoms with Crippen molar-refractivity contribution in [1.29, 1.82) is 0 Å². The zero-order chi connectivity index (χ0) is 17.2. The lowest BCUT2D eigenvalue weighted by Gasteiger charge is -2.20. The van der Waals surface area contributed by atoms with E-state index in [1.54, 1.807) is 0 Å². The fraction of sp³-hybridized carbons (Fsp3) is 0.381. The van der Waals surface area contributed by atoms with Crippen molar-refractivity contribution in [3.05, 3.63) is 71.8 Å². The van der Waals surface area contributed by atoms with E-state index in [0.717, 1.165) is 19.6 Å². The zero-order valence-electron chi connectivity index (χ0n) is 14.7. The average Bonchev–Trinajstić information content (AvgIpc) is 2.65. The Labute approximate surface area is 145 Å². The van der Waals surface area contributed by atoms with Crippen LogP contribution in [-0.4, -0.2) is 37.0 Å². The minimum atomic E-state index is 0.0980. The van der Waals surface area contributed by atoms with E-state index in [1.165, 1.54) is 11.1 Å². The Morgan fingerprint density at radius 1 is 0.917 bits per heavy atom. The van der Waals surface area contributed by atoms with E-state index in [1.807, 2.05) is 36.4 Å². The van der Waals surface area contributed by atoms with E-state index in [-0.39, 0.29) is 11.8 Å². The molecule has 0 atom stereocenters. The predicted octanol–water partition coefficient (Wildman–Crippen LogP) is 3.67. The van der Waals surface area contributed by atoms with Crippen LogP contribution in [0.3, 0.4) is 0 Å². The molecule has 0 aromatic heterocycles. The van der Waals surface area contributed by atoms with E-state index < -0.39 is 0 Å². The smallest absolute Gasteiger partial charge is 0.220 e.